The van der Waals surface area contributed by atoms with Crippen LogP contribution in [0.2, 0.25) is 0 Å². The fourth-order valence-electron chi connectivity index (χ4n) is 3.62. The lowest BCUT2D eigenvalue weighted by atomic mass is 9.89. The van der Waals surface area contributed by atoms with E-state index in [1.807, 2.05) is 11.4 Å². The summed E-state index contributed by atoms with van der Waals surface area (Å²) in [7, 11) is -1.31. The SMILES string of the molecule is CN1CC[C@@H]2CN(S(=O)(=O)c3cnc4ccsc4c3)C[C@@H]2C1. The van der Waals surface area contributed by atoms with E-state index < -0.39 is 10.0 Å². The smallest absolute Gasteiger partial charge is 0.244 e. The van der Waals surface area contributed by atoms with Crippen molar-refractivity contribution in [3.8, 4) is 0 Å². The summed E-state index contributed by atoms with van der Waals surface area (Å²) in [6, 6.07) is 3.67. The van der Waals surface area contributed by atoms with Crippen LogP contribution in [0.3, 0.4) is 0 Å². The van der Waals surface area contributed by atoms with E-state index in [-0.39, 0.29) is 0 Å². The van der Waals surface area contributed by atoms with E-state index >= 15 is 0 Å². The number of aromatic nitrogens is 1. The van der Waals surface area contributed by atoms with Gasteiger partial charge in [-0.15, -0.1) is 11.3 Å². The Hall–Kier alpha value is -1.02. The van der Waals surface area contributed by atoms with Crippen molar-refractivity contribution < 1.29 is 8.42 Å². The number of hydrogen-bond acceptors (Lipinski definition) is 5. The Kier molecular flexibility index (Phi) is 3.48. The first-order valence-electron chi connectivity index (χ1n) is 7.56. The van der Waals surface area contributed by atoms with E-state index in [4.69, 9.17) is 0 Å². The molecule has 22 heavy (non-hydrogen) atoms. The van der Waals surface area contributed by atoms with Crippen LogP contribution in [0.1, 0.15) is 6.42 Å². The fraction of sp³-hybridized carbons (Fsp3) is 0.533. The highest BCUT2D eigenvalue weighted by atomic mass is 32.2. The predicted octanol–water partition coefficient (Wildman–Crippen LogP) is 1.87. The van der Waals surface area contributed by atoms with E-state index in [0.29, 0.717) is 29.8 Å². The van der Waals surface area contributed by atoms with Crippen LogP contribution in [-0.4, -0.2) is 55.8 Å². The Morgan fingerprint density at radius 2 is 2.09 bits per heavy atom. The quantitative estimate of drug-likeness (QED) is 0.839. The zero-order chi connectivity index (χ0) is 15.3. The molecule has 0 aromatic carbocycles. The maximum absolute atomic E-state index is 12.9. The van der Waals surface area contributed by atoms with Crippen molar-refractivity contribution in [2.75, 3.05) is 33.2 Å². The third-order valence-corrected chi connectivity index (χ3v) is 7.54. The summed E-state index contributed by atoms with van der Waals surface area (Å²) in [6.45, 7) is 3.36. The summed E-state index contributed by atoms with van der Waals surface area (Å²) in [5, 5.41) is 1.94. The lowest BCUT2D eigenvalue weighted by molar-refractivity contribution is 0.178. The highest BCUT2D eigenvalue weighted by Gasteiger charge is 2.41. The van der Waals surface area contributed by atoms with E-state index in [1.54, 1.807) is 10.4 Å². The lowest BCUT2D eigenvalue weighted by Crippen LogP contribution is -2.37. The molecule has 4 rings (SSSR count). The van der Waals surface area contributed by atoms with Crippen molar-refractivity contribution in [2.24, 2.45) is 11.8 Å². The molecule has 2 atom stereocenters. The zero-order valence-electron chi connectivity index (χ0n) is 12.5. The molecule has 0 unspecified atom stereocenters. The molecule has 2 aromatic heterocycles. The molecule has 0 saturated carbocycles. The molecule has 0 N–H and O–H groups in total. The van der Waals surface area contributed by atoms with Crippen molar-refractivity contribution in [1.29, 1.82) is 0 Å². The molecule has 0 aliphatic carbocycles. The summed E-state index contributed by atoms with van der Waals surface area (Å²) in [4.78, 5) is 6.91. The minimum atomic E-state index is -3.42. The molecule has 2 aliphatic rings. The van der Waals surface area contributed by atoms with Gasteiger partial charge in [-0.05, 0) is 49.4 Å². The van der Waals surface area contributed by atoms with Crippen molar-refractivity contribution in [3.63, 3.8) is 0 Å². The van der Waals surface area contributed by atoms with Crippen molar-refractivity contribution in [3.05, 3.63) is 23.7 Å². The number of nitrogens with zero attached hydrogens (tertiary/aromatic N) is 3. The second-order valence-corrected chi connectivity index (χ2v) is 9.25. The monoisotopic (exact) mass is 337 g/mol. The van der Waals surface area contributed by atoms with Gasteiger partial charge in [0.15, 0.2) is 0 Å². The van der Waals surface area contributed by atoms with E-state index in [1.165, 1.54) is 17.5 Å². The average molecular weight is 337 g/mol. The molecule has 4 heterocycles. The van der Waals surface area contributed by atoms with Crippen LogP contribution >= 0.6 is 11.3 Å². The van der Waals surface area contributed by atoms with Gasteiger partial charge in [-0.3, -0.25) is 4.98 Å². The number of hydrogen-bond donors (Lipinski definition) is 0. The van der Waals surface area contributed by atoms with Gasteiger partial charge in [0.25, 0.3) is 0 Å². The fourth-order valence-corrected chi connectivity index (χ4v) is 6.00. The Morgan fingerprint density at radius 1 is 1.27 bits per heavy atom. The minimum Gasteiger partial charge on any atom is -0.306 e. The summed E-state index contributed by atoms with van der Waals surface area (Å²) < 4.78 is 28.4. The predicted molar refractivity (Wildman–Crippen MR) is 87.5 cm³/mol. The topological polar surface area (TPSA) is 53.5 Å². The number of piperidine rings is 1. The zero-order valence-corrected chi connectivity index (χ0v) is 14.1. The van der Waals surface area contributed by atoms with Gasteiger partial charge in [0.1, 0.15) is 4.90 Å². The molecule has 7 heteroatoms. The van der Waals surface area contributed by atoms with Crippen molar-refractivity contribution in [2.45, 2.75) is 11.3 Å². The van der Waals surface area contributed by atoms with Gasteiger partial charge in [0.05, 0.1) is 10.2 Å². The van der Waals surface area contributed by atoms with Gasteiger partial charge in [-0.2, -0.15) is 4.31 Å². The first-order chi connectivity index (χ1) is 10.5. The standard InChI is InChI=1S/C15H19N3O2S2/c1-17-4-2-11-9-18(10-12(11)8-17)22(19,20)13-6-15-14(16-7-13)3-5-21-15/h3,5-7,11-12H,2,4,8-10H2,1H3/t11-,12+/m1/s1. The van der Waals surface area contributed by atoms with Crippen molar-refractivity contribution in [1.82, 2.24) is 14.2 Å². The Labute approximate surface area is 134 Å². The lowest BCUT2D eigenvalue weighted by Gasteiger charge is -2.31. The van der Waals surface area contributed by atoms with Gasteiger partial charge in [-0.1, -0.05) is 0 Å². The third-order valence-electron chi connectivity index (χ3n) is 4.89. The first-order valence-corrected chi connectivity index (χ1v) is 9.88. The molecular formula is C15H19N3O2S2. The van der Waals surface area contributed by atoms with Gasteiger partial charge >= 0.3 is 0 Å². The average Bonchev–Trinajstić information content (AvgIpc) is 3.12. The molecule has 0 amide bonds. The van der Waals surface area contributed by atoms with Crippen molar-refractivity contribution >= 4 is 31.6 Å². The maximum Gasteiger partial charge on any atom is 0.244 e. The Bertz CT molecular complexity index is 802. The normalized spacial score (nSPS) is 27.3. The summed E-state index contributed by atoms with van der Waals surface area (Å²) in [5.41, 5.74) is 0.862. The molecule has 5 nitrogen and oxygen atoms in total. The number of fused-ring (bicyclic) bond motifs is 2. The number of likely N-dealkylation sites (tertiary alicyclic amines) is 1. The van der Waals surface area contributed by atoms with Crippen LogP contribution in [0.5, 0.6) is 0 Å². The first kappa shape index (κ1) is 14.6. The molecular weight excluding hydrogens is 318 g/mol. The molecule has 2 saturated heterocycles. The second kappa shape index (κ2) is 5.26. The van der Waals surface area contributed by atoms with Crippen LogP contribution in [0, 0.1) is 11.8 Å². The van der Waals surface area contributed by atoms with Gasteiger partial charge < -0.3 is 4.90 Å². The van der Waals surface area contributed by atoms with Crippen LogP contribution in [-0.2, 0) is 10.0 Å². The second-order valence-electron chi connectivity index (χ2n) is 6.37. The van der Waals surface area contributed by atoms with Crippen LogP contribution in [0.25, 0.3) is 10.2 Å². The Balaban J connectivity index is 1.63. The van der Waals surface area contributed by atoms with Crippen LogP contribution < -0.4 is 0 Å². The van der Waals surface area contributed by atoms with Gasteiger partial charge in [-0.25, -0.2) is 8.42 Å². The number of sulfonamides is 1. The highest BCUT2D eigenvalue weighted by Crippen LogP contribution is 2.34. The van der Waals surface area contributed by atoms with Crippen LogP contribution in [0.4, 0.5) is 0 Å². The molecule has 118 valence electrons. The maximum atomic E-state index is 12.9. The van der Waals surface area contributed by atoms with E-state index in [0.717, 1.165) is 29.7 Å². The molecule has 0 bridgehead atoms. The highest BCUT2D eigenvalue weighted by molar-refractivity contribution is 7.89. The summed E-state index contributed by atoms with van der Waals surface area (Å²) in [6.07, 6.45) is 2.59. The number of rotatable bonds is 2. The molecule has 0 spiro atoms. The molecule has 2 aromatic rings. The van der Waals surface area contributed by atoms with Crippen LogP contribution in [0.15, 0.2) is 28.6 Å². The molecule has 2 fully saturated rings. The minimum absolute atomic E-state index is 0.328. The van der Waals surface area contributed by atoms with Gasteiger partial charge in [0.2, 0.25) is 10.0 Å². The molecule has 2 aliphatic heterocycles. The molecule has 0 radical (unpaired) electrons. The third kappa shape index (κ3) is 2.36. The summed E-state index contributed by atoms with van der Waals surface area (Å²) >= 11 is 1.53. The van der Waals surface area contributed by atoms with E-state index in [9.17, 15) is 8.42 Å². The Morgan fingerprint density at radius 3 is 2.95 bits per heavy atom. The number of pyridine rings is 1. The largest absolute Gasteiger partial charge is 0.306 e. The summed E-state index contributed by atoms with van der Waals surface area (Å²) in [5.74, 6) is 0.969. The van der Waals surface area contributed by atoms with Gasteiger partial charge in [0, 0.05) is 25.8 Å². The van der Waals surface area contributed by atoms with E-state index in [2.05, 4.69) is 16.9 Å². The number of thiophene rings is 1.